The van der Waals surface area contributed by atoms with Gasteiger partial charge in [-0.05, 0) is 44.5 Å². The molecule has 1 aromatic carbocycles. The first-order chi connectivity index (χ1) is 8.47. The number of halogens is 2. The Labute approximate surface area is 123 Å². The molecule has 0 radical (unpaired) electrons. The molecule has 0 aromatic heterocycles. The quantitative estimate of drug-likeness (QED) is 0.872. The minimum Gasteiger partial charge on any atom is -0.381 e. The zero-order chi connectivity index (χ0) is 13.3. The van der Waals surface area contributed by atoms with Gasteiger partial charge >= 0.3 is 0 Å². The van der Waals surface area contributed by atoms with Gasteiger partial charge in [0.15, 0.2) is 0 Å². The van der Waals surface area contributed by atoms with E-state index >= 15 is 0 Å². The van der Waals surface area contributed by atoms with Crippen molar-refractivity contribution < 1.29 is 0 Å². The van der Waals surface area contributed by atoms with Crippen LogP contribution < -0.4 is 5.32 Å². The summed E-state index contributed by atoms with van der Waals surface area (Å²) in [5, 5.41) is 4.39. The molecule has 18 heavy (non-hydrogen) atoms. The maximum atomic E-state index is 6.23. The Bertz CT molecular complexity index is 424. The Kier molecular flexibility index (Phi) is 4.57. The van der Waals surface area contributed by atoms with Crippen LogP contribution in [0.1, 0.15) is 20.3 Å². The van der Waals surface area contributed by atoms with Gasteiger partial charge in [-0.25, -0.2) is 0 Å². The summed E-state index contributed by atoms with van der Waals surface area (Å²) in [6.07, 6.45) is 1.15. The van der Waals surface area contributed by atoms with Crippen molar-refractivity contribution in [1.29, 1.82) is 0 Å². The lowest BCUT2D eigenvalue weighted by Gasteiger charge is -2.40. The van der Waals surface area contributed by atoms with E-state index in [1.165, 1.54) is 0 Å². The van der Waals surface area contributed by atoms with E-state index in [0.717, 1.165) is 28.1 Å². The van der Waals surface area contributed by atoms with Crippen molar-refractivity contribution in [3.8, 4) is 0 Å². The maximum Gasteiger partial charge on any atom is 0.0638 e. The summed E-state index contributed by atoms with van der Waals surface area (Å²) < 4.78 is 1.06. The minimum absolute atomic E-state index is 0.489. The fourth-order valence-electron chi connectivity index (χ4n) is 2.55. The van der Waals surface area contributed by atoms with Crippen molar-refractivity contribution in [2.24, 2.45) is 5.92 Å². The SMILES string of the molecule is CC1CN(C)C(C)CC1Nc1cc(Br)ccc1Cl. The van der Waals surface area contributed by atoms with E-state index in [2.05, 4.69) is 53.1 Å². The summed E-state index contributed by atoms with van der Waals surface area (Å²) in [5.41, 5.74) is 1.03. The van der Waals surface area contributed by atoms with E-state index in [9.17, 15) is 0 Å². The van der Waals surface area contributed by atoms with E-state index in [4.69, 9.17) is 11.6 Å². The smallest absolute Gasteiger partial charge is 0.0638 e. The fraction of sp³-hybridized carbons (Fsp3) is 0.571. The molecule has 3 unspecified atom stereocenters. The van der Waals surface area contributed by atoms with Crippen LogP contribution in [0.5, 0.6) is 0 Å². The van der Waals surface area contributed by atoms with Gasteiger partial charge < -0.3 is 10.2 Å². The van der Waals surface area contributed by atoms with Gasteiger partial charge in [-0.3, -0.25) is 0 Å². The summed E-state index contributed by atoms with van der Waals surface area (Å²) in [5.74, 6) is 0.626. The highest BCUT2D eigenvalue weighted by molar-refractivity contribution is 9.10. The molecule has 0 spiro atoms. The van der Waals surface area contributed by atoms with E-state index in [-0.39, 0.29) is 0 Å². The second kappa shape index (κ2) is 5.81. The van der Waals surface area contributed by atoms with Gasteiger partial charge in [0.25, 0.3) is 0 Å². The number of nitrogens with zero attached hydrogens (tertiary/aromatic N) is 1. The lowest BCUT2D eigenvalue weighted by atomic mass is 9.89. The zero-order valence-electron chi connectivity index (χ0n) is 11.1. The highest BCUT2D eigenvalue weighted by atomic mass is 79.9. The third-order valence-electron chi connectivity index (χ3n) is 3.88. The van der Waals surface area contributed by atoms with Crippen molar-refractivity contribution in [2.45, 2.75) is 32.4 Å². The molecular formula is C14H20BrClN2. The Morgan fingerprint density at radius 1 is 1.39 bits per heavy atom. The van der Waals surface area contributed by atoms with Gasteiger partial charge in [0, 0.05) is 23.1 Å². The lowest BCUT2D eigenvalue weighted by Crippen LogP contribution is -2.48. The molecule has 1 heterocycles. The summed E-state index contributed by atoms with van der Waals surface area (Å²) in [6, 6.07) is 7.05. The number of anilines is 1. The fourth-order valence-corrected chi connectivity index (χ4v) is 3.08. The molecule has 0 bridgehead atoms. The van der Waals surface area contributed by atoms with Crippen molar-refractivity contribution >= 4 is 33.2 Å². The molecule has 0 saturated carbocycles. The summed E-state index contributed by atoms with van der Waals surface area (Å²) >= 11 is 9.73. The first kappa shape index (κ1) is 14.2. The number of nitrogens with one attached hydrogen (secondary N) is 1. The molecule has 1 N–H and O–H groups in total. The van der Waals surface area contributed by atoms with Crippen LogP contribution >= 0.6 is 27.5 Å². The van der Waals surface area contributed by atoms with E-state index < -0.39 is 0 Å². The molecular weight excluding hydrogens is 312 g/mol. The van der Waals surface area contributed by atoms with Crippen LogP contribution in [0.3, 0.4) is 0 Å². The molecule has 0 aliphatic carbocycles. The van der Waals surface area contributed by atoms with Gasteiger partial charge in [0.1, 0.15) is 0 Å². The normalized spacial score (nSPS) is 29.3. The molecule has 1 aromatic rings. The number of benzene rings is 1. The van der Waals surface area contributed by atoms with Crippen molar-refractivity contribution in [3.05, 3.63) is 27.7 Å². The van der Waals surface area contributed by atoms with Crippen LogP contribution in [-0.4, -0.2) is 30.6 Å². The second-order valence-electron chi connectivity index (χ2n) is 5.38. The average molecular weight is 332 g/mol. The molecule has 100 valence electrons. The lowest BCUT2D eigenvalue weighted by molar-refractivity contribution is 0.145. The van der Waals surface area contributed by atoms with E-state index in [0.29, 0.717) is 18.0 Å². The van der Waals surface area contributed by atoms with Gasteiger partial charge in [0.05, 0.1) is 10.7 Å². The van der Waals surface area contributed by atoms with Gasteiger partial charge in [-0.1, -0.05) is 34.5 Å². The topological polar surface area (TPSA) is 15.3 Å². The number of rotatable bonds is 2. The average Bonchev–Trinajstić information content (AvgIpc) is 2.30. The molecule has 1 saturated heterocycles. The van der Waals surface area contributed by atoms with Crippen LogP contribution in [-0.2, 0) is 0 Å². The third kappa shape index (κ3) is 3.19. The van der Waals surface area contributed by atoms with Crippen molar-refractivity contribution in [1.82, 2.24) is 4.90 Å². The maximum absolute atomic E-state index is 6.23. The Morgan fingerprint density at radius 2 is 2.11 bits per heavy atom. The first-order valence-electron chi connectivity index (χ1n) is 6.39. The number of likely N-dealkylation sites (tertiary alicyclic amines) is 1. The first-order valence-corrected chi connectivity index (χ1v) is 7.56. The molecule has 0 amide bonds. The standard InChI is InChI=1S/C14H20BrClN2/c1-9-8-18(3)10(2)6-13(9)17-14-7-11(15)4-5-12(14)16/h4-5,7,9-10,13,17H,6,8H2,1-3H3. The van der Waals surface area contributed by atoms with E-state index in [1.54, 1.807) is 0 Å². The number of hydrogen-bond acceptors (Lipinski definition) is 2. The second-order valence-corrected chi connectivity index (χ2v) is 6.70. The molecule has 2 rings (SSSR count). The molecule has 1 aliphatic rings. The zero-order valence-corrected chi connectivity index (χ0v) is 13.4. The molecule has 4 heteroatoms. The monoisotopic (exact) mass is 330 g/mol. The minimum atomic E-state index is 0.489. The largest absolute Gasteiger partial charge is 0.381 e. The molecule has 1 aliphatic heterocycles. The Balaban J connectivity index is 2.11. The Morgan fingerprint density at radius 3 is 2.83 bits per heavy atom. The van der Waals surface area contributed by atoms with Crippen LogP contribution in [0.4, 0.5) is 5.69 Å². The van der Waals surface area contributed by atoms with Gasteiger partial charge in [0.2, 0.25) is 0 Å². The van der Waals surface area contributed by atoms with Crippen molar-refractivity contribution in [2.75, 3.05) is 18.9 Å². The van der Waals surface area contributed by atoms with Gasteiger partial charge in [-0.2, -0.15) is 0 Å². The van der Waals surface area contributed by atoms with Crippen molar-refractivity contribution in [3.63, 3.8) is 0 Å². The van der Waals surface area contributed by atoms with Gasteiger partial charge in [-0.15, -0.1) is 0 Å². The van der Waals surface area contributed by atoms with Crippen LogP contribution in [0.2, 0.25) is 5.02 Å². The summed E-state index contributed by atoms with van der Waals surface area (Å²) in [7, 11) is 2.20. The predicted octanol–water partition coefficient (Wildman–Crippen LogP) is 4.24. The number of piperidine rings is 1. The highest BCUT2D eigenvalue weighted by Crippen LogP contribution is 2.30. The Hall–Kier alpha value is -0.250. The van der Waals surface area contributed by atoms with E-state index in [1.807, 2.05) is 12.1 Å². The number of hydrogen-bond donors (Lipinski definition) is 1. The molecule has 3 atom stereocenters. The van der Waals surface area contributed by atoms with Crippen LogP contribution in [0, 0.1) is 5.92 Å². The molecule has 1 fully saturated rings. The summed E-state index contributed by atoms with van der Waals surface area (Å²) in [4.78, 5) is 2.42. The highest BCUT2D eigenvalue weighted by Gasteiger charge is 2.29. The third-order valence-corrected chi connectivity index (χ3v) is 4.70. The van der Waals surface area contributed by atoms with Crippen LogP contribution in [0.25, 0.3) is 0 Å². The summed E-state index contributed by atoms with van der Waals surface area (Å²) in [6.45, 7) is 5.71. The molecule has 2 nitrogen and oxygen atoms in total. The van der Waals surface area contributed by atoms with Crippen LogP contribution in [0.15, 0.2) is 22.7 Å². The predicted molar refractivity (Wildman–Crippen MR) is 82.4 cm³/mol.